The highest BCUT2D eigenvalue weighted by Crippen LogP contribution is 2.27. The number of nitrogens with one attached hydrogen (secondary N) is 1. The first-order valence-electron chi connectivity index (χ1n) is 7.01. The molecule has 2 rings (SSSR count). The average Bonchev–Trinajstić information content (AvgIpc) is 2.50. The van der Waals surface area contributed by atoms with Gasteiger partial charge in [0.25, 0.3) is 0 Å². The van der Waals surface area contributed by atoms with Gasteiger partial charge in [-0.2, -0.15) is 4.39 Å². The van der Waals surface area contributed by atoms with E-state index >= 15 is 0 Å². The molecule has 2 aromatic carbocycles. The minimum Gasteiger partial charge on any atom is -0.491 e. The highest BCUT2D eigenvalue weighted by atomic mass is 19.1. The molecule has 0 aliphatic carbocycles. The predicted octanol–water partition coefficient (Wildman–Crippen LogP) is 2.89. The number of nitro benzene ring substituents is 1. The van der Waals surface area contributed by atoms with Crippen LogP contribution in [0.1, 0.15) is 5.56 Å². The van der Waals surface area contributed by atoms with Crippen LogP contribution >= 0.6 is 0 Å². The maximum absolute atomic E-state index is 13.5. The van der Waals surface area contributed by atoms with Crippen molar-refractivity contribution in [3.05, 3.63) is 64.0 Å². The summed E-state index contributed by atoms with van der Waals surface area (Å²) < 4.78 is 18.9. The van der Waals surface area contributed by atoms with Crippen molar-refractivity contribution in [1.82, 2.24) is 0 Å². The molecule has 0 fully saturated rings. The third-order valence-corrected chi connectivity index (χ3v) is 3.13. The van der Waals surface area contributed by atoms with Crippen molar-refractivity contribution in [2.75, 3.05) is 18.5 Å². The lowest BCUT2D eigenvalue weighted by atomic mass is 10.2. The molecule has 2 N–H and O–H groups in total. The summed E-state index contributed by atoms with van der Waals surface area (Å²) in [6.07, 6.45) is -0.904. The lowest BCUT2D eigenvalue weighted by Gasteiger charge is -2.14. The molecule has 6 nitrogen and oxygen atoms in total. The van der Waals surface area contributed by atoms with Crippen LogP contribution in [0.4, 0.5) is 15.8 Å². The van der Waals surface area contributed by atoms with Gasteiger partial charge in [-0.1, -0.05) is 18.2 Å². The third-order valence-electron chi connectivity index (χ3n) is 3.13. The fourth-order valence-electron chi connectivity index (χ4n) is 2.03. The smallest absolute Gasteiger partial charge is 0.327 e. The number of rotatable bonds is 7. The molecule has 0 bridgehead atoms. The SMILES string of the molecule is Cc1cccc(OCC(O)CNc2cccc(F)c2[N+](=O)[O-])c1. The summed E-state index contributed by atoms with van der Waals surface area (Å²) in [4.78, 5) is 10.1. The summed E-state index contributed by atoms with van der Waals surface area (Å²) in [5.41, 5.74) is 0.411. The van der Waals surface area contributed by atoms with Crippen molar-refractivity contribution in [2.24, 2.45) is 0 Å². The molecule has 0 saturated heterocycles. The van der Waals surface area contributed by atoms with Crippen molar-refractivity contribution in [1.29, 1.82) is 0 Å². The predicted molar refractivity (Wildman–Crippen MR) is 84.2 cm³/mol. The quantitative estimate of drug-likeness (QED) is 0.605. The van der Waals surface area contributed by atoms with Gasteiger partial charge in [0.15, 0.2) is 0 Å². The fraction of sp³-hybridized carbons (Fsp3) is 0.250. The number of nitrogens with zero attached hydrogens (tertiary/aromatic N) is 1. The molecule has 0 amide bonds. The number of halogens is 1. The molecule has 0 heterocycles. The van der Waals surface area contributed by atoms with E-state index in [9.17, 15) is 19.6 Å². The Morgan fingerprint density at radius 1 is 1.35 bits per heavy atom. The van der Waals surface area contributed by atoms with Gasteiger partial charge in [-0.15, -0.1) is 0 Å². The van der Waals surface area contributed by atoms with Crippen LogP contribution in [0.3, 0.4) is 0 Å². The highest BCUT2D eigenvalue weighted by Gasteiger charge is 2.20. The zero-order valence-corrected chi connectivity index (χ0v) is 12.5. The van der Waals surface area contributed by atoms with E-state index in [4.69, 9.17) is 4.74 Å². The summed E-state index contributed by atoms with van der Waals surface area (Å²) in [5.74, 6) is -0.300. The Balaban J connectivity index is 1.91. The molecule has 7 heteroatoms. The number of benzene rings is 2. The van der Waals surface area contributed by atoms with E-state index in [-0.39, 0.29) is 18.8 Å². The van der Waals surface area contributed by atoms with E-state index in [1.807, 2.05) is 25.1 Å². The van der Waals surface area contributed by atoms with Crippen LogP contribution in [0.2, 0.25) is 0 Å². The Labute approximate surface area is 132 Å². The topological polar surface area (TPSA) is 84.6 Å². The molecule has 2 aromatic rings. The average molecular weight is 320 g/mol. The molecular formula is C16H17FN2O4. The summed E-state index contributed by atoms with van der Waals surface area (Å²) in [6, 6.07) is 11.1. The molecule has 0 aliphatic rings. The van der Waals surface area contributed by atoms with Crippen molar-refractivity contribution < 1.29 is 19.2 Å². The van der Waals surface area contributed by atoms with Gasteiger partial charge in [-0.05, 0) is 36.8 Å². The Morgan fingerprint density at radius 2 is 2.09 bits per heavy atom. The summed E-state index contributed by atoms with van der Waals surface area (Å²) >= 11 is 0. The summed E-state index contributed by atoms with van der Waals surface area (Å²) in [6.45, 7) is 1.93. The minimum absolute atomic E-state index is 0.00386. The number of hydrogen-bond acceptors (Lipinski definition) is 5. The Hall–Kier alpha value is -2.67. The van der Waals surface area contributed by atoms with Crippen LogP contribution in [0.25, 0.3) is 0 Å². The second-order valence-corrected chi connectivity index (χ2v) is 5.06. The van der Waals surface area contributed by atoms with E-state index in [1.165, 1.54) is 12.1 Å². The van der Waals surface area contributed by atoms with Gasteiger partial charge in [-0.25, -0.2) is 0 Å². The van der Waals surface area contributed by atoms with Crippen molar-refractivity contribution in [2.45, 2.75) is 13.0 Å². The number of para-hydroxylation sites is 1. The van der Waals surface area contributed by atoms with Crippen molar-refractivity contribution in [3.8, 4) is 5.75 Å². The lowest BCUT2D eigenvalue weighted by molar-refractivity contribution is -0.386. The number of aliphatic hydroxyl groups is 1. The van der Waals surface area contributed by atoms with Gasteiger partial charge < -0.3 is 15.2 Å². The Bertz CT molecular complexity index is 694. The van der Waals surface area contributed by atoms with Gasteiger partial charge in [0.05, 0.1) is 4.92 Å². The van der Waals surface area contributed by atoms with E-state index in [1.54, 1.807) is 6.07 Å². The minimum atomic E-state index is -0.925. The molecule has 23 heavy (non-hydrogen) atoms. The van der Waals surface area contributed by atoms with Crippen LogP contribution in [0, 0.1) is 22.9 Å². The van der Waals surface area contributed by atoms with Crippen LogP contribution in [0.15, 0.2) is 42.5 Å². The highest BCUT2D eigenvalue weighted by molar-refractivity contribution is 5.61. The van der Waals surface area contributed by atoms with Crippen LogP contribution < -0.4 is 10.1 Å². The number of nitro groups is 1. The molecule has 0 aromatic heterocycles. The number of anilines is 1. The van der Waals surface area contributed by atoms with E-state index in [0.717, 1.165) is 11.6 Å². The molecule has 0 radical (unpaired) electrons. The van der Waals surface area contributed by atoms with Gasteiger partial charge in [0.1, 0.15) is 24.1 Å². The number of ether oxygens (including phenoxy) is 1. The van der Waals surface area contributed by atoms with E-state index < -0.39 is 22.5 Å². The monoisotopic (exact) mass is 320 g/mol. The normalized spacial score (nSPS) is 11.8. The van der Waals surface area contributed by atoms with Crippen molar-refractivity contribution in [3.63, 3.8) is 0 Å². The maximum Gasteiger partial charge on any atom is 0.327 e. The van der Waals surface area contributed by atoms with Gasteiger partial charge in [0, 0.05) is 6.54 Å². The molecule has 1 atom stereocenters. The first-order valence-corrected chi connectivity index (χ1v) is 7.01. The van der Waals surface area contributed by atoms with E-state index in [2.05, 4.69) is 5.32 Å². The van der Waals surface area contributed by atoms with Gasteiger partial charge in [0.2, 0.25) is 5.82 Å². The number of aliphatic hydroxyl groups excluding tert-OH is 1. The number of aryl methyl sites for hydroxylation is 1. The van der Waals surface area contributed by atoms with Crippen LogP contribution in [-0.4, -0.2) is 29.3 Å². The fourth-order valence-corrected chi connectivity index (χ4v) is 2.03. The zero-order valence-electron chi connectivity index (χ0n) is 12.5. The second kappa shape index (κ2) is 7.55. The maximum atomic E-state index is 13.5. The van der Waals surface area contributed by atoms with Crippen LogP contribution in [-0.2, 0) is 0 Å². The van der Waals surface area contributed by atoms with Gasteiger partial charge >= 0.3 is 5.69 Å². The molecule has 1 unspecified atom stereocenters. The Morgan fingerprint density at radius 3 is 2.78 bits per heavy atom. The lowest BCUT2D eigenvalue weighted by Crippen LogP contribution is -2.26. The molecule has 0 aliphatic heterocycles. The molecule has 0 spiro atoms. The first-order chi connectivity index (χ1) is 11.0. The molecule has 0 saturated carbocycles. The molecular weight excluding hydrogens is 303 g/mol. The zero-order chi connectivity index (χ0) is 16.8. The number of hydrogen-bond donors (Lipinski definition) is 2. The first kappa shape index (κ1) is 16.7. The summed E-state index contributed by atoms with van der Waals surface area (Å²) in [7, 11) is 0. The third kappa shape index (κ3) is 4.65. The molecule has 122 valence electrons. The Kier molecular flexibility index (Phi) is 5.48. The van der Waals surface area contributed by atoms with Crippen LogP contribution in [0.5, 0.6) is 5.75 Å². The largest absolute Gasteiger partial charge is 0.491 e. The van der Waals surface area contributed by atoms with Crippen molar-refractivity contribution >= 4 is 11.4 Å². The van der Waals surface area contributed by atoms with E-state index in [0.29, 0.717) is 5.75 Å². The second-order valence-electron chi connectivity index (χ2n) is 5.06. The summed E-state index contributed by atoms with van der Waals surface area (Å²) in [5, 5.41) is 23.4. The standard InChI is InChI=1S/C16H17FN2O4/c1-11-4-2-5-13(8-11)23-10-12(20)9-18-15-7-3-6-14(17)16(15)19(21)22/h2-8,12,18,20H,9-10H2,1H3. The van der Waals surface area contributed by atoms with Gasteiger partial charge in [-0.3, -0.25) is 10.1 Å².